The number of aliphatic hydroxyl groups excluding tert-OH is 2. The molecule has 16 fully saturated rings. The summed E-state index contributed by atoms with van der Waals surface area (Å²) >= 11 is 0. The highest BCUT2D eigenvalue weighted by molar-refractivity contribution is 5.27. The van der Waals surface area contributed by atoms with Crippen molar-refractivity contribution in [3.05, 3.63) is 0 Å². The van der Waals surface area contributed by atoms with Gasteiger partial charge in [0.25, 0.3) is 0 Å². The fourth-order valence-electron chi connectivity index (χ4n) is 21.9. The fraction of sp³-hybridized carbons (Fsp3) is 1.00. The Kier molecular flexibility index (Phi) is 13.8. The van der Waals surface area contributed by atoms with Gasteiger partial charge in [-0.3, -0.25) is 0 Å². The minimum absolute atomic E-state index is 0.0306. The summed E-state index contributed by atoms with van der Waals surface area (Å²) in [5.41, 5.74) is -6.09. The highest BCUT2D eigenvalue weighted by Gasteiger charge is 2.78. The first-order valence-electron chi connectivity index (χ1n) is 31.8. The molecular weight excluding hydrogens is 1040 g/mol. The van der Waals surface area contributed by atoms with Crippen LogP contribution in [0, 0.1) is 69.0 Å². The fourth-order valence-corrected chi connectivity index (χ4v) is 21.9. The van der Waals surface area contributed by atoms with E-state index in [1.807, 2.05) is 0 Å². The van der Waals surface area contributed by atoms with Gasteiger partial charge in [-0.2, -0.15) is 0 Å². The van der Waals surface area contributed by atoms with Crippen molar-refractivity contribution in [2.75, 3.05) is 79.3 Å². The quantitative estimate of drug-likeness (QED) is 0.0719. The molecule has 0 aromatic rings. The van der Waals surface area contributed by atoms with E-state index in [0.717, 1.165) is 52.1 Å². The SMILES string of the molecule is CC12CC(CC1OCC1CO1)C1(C)C(OCC(O)COC3CC4CC3(C)C3CCC(OCC5CO5)C43C)CCC21.OC(COC1CC2CC1(F)C1CCC(OCC3CO3)C21F)COC1CCC2C3(F)CC(CC3OCC3CO3)C12F. The average molecular weight is 1140 g/mol. The van der Waals surface area contributed by atoms with Crippen LogP contribution in [0.15, 0.2) is 0 Å². The lowest BCUT2D eigenvalue weighted by Crippen LogP contribution is -2.54. The van der Waals surface area contributed by atoms with E-state index in [2.05, 4.69) is 27.7 Å². The van der Waals surface area contributed by atoms with Gasteiger partial charge in [-0.25, -0.2) is 17.6 Å². The van der Waals surface area contributed by atoms with Crippen LogP contribution >= 0.6 is 0 Å². The second kappa shape index (κ2) is 19.8. The minimum atomic E-state index is -1.79. The minimum Gasteiger partial charge on any atom is -0.388 e. The Balaban J connectivity index is 0.000000138. The maximum Gasteiger partial charge on any atom is 0.145 e. The molecule has 0 spiro atoms. The van der Waals surface area contributed by atoms with Crippen LogP contribution in [0.25, 0.3) is 0 Å². The normalized spacial score (nSPS) is 57.5. The number of fused-ring (bicyclic) bond motifs is 20. The van der Waals surface area contributed by atoms with Gasteiger partial charge in [0.2, 0.25) is 0 Å². The highest BCUT2D eigenvalue weighted by Crippen LogP contribution is 2.75. The van der Waals surface area contributed by atoms with Crippen molar-refractivity contribution in [3.8, 4) is 0 Å². The Morgan fingerprint density at radius 1 is 0.375 bits per heavy atom. The van der Waals surface area contributed by atoms with Crippen LogP contribution in [-0.2, 0) is 56.8 Å². The van der Waals surface area contributed by atoms with Gasteiger partial charge in [0, 0.05) is 34.5 Å². The molecule has 0 aromatic heterocycles. The molecule has 4 aliphatic heterocycles. The largest absolute Gasteiger partial charge is 0.388 e. The van der Waals surface area contributed by atoms with E-state index in [9.17, 15) is 10.2 Å². The molecule has 0 amide bonds. The molecule has 14 nitrogen and oxygen atoms in total. The van der Waals surface area contributed by atoms with Crippen LogP contribution in [0.1, 0.15) is 130 Å². The third-order valence-electron chi connectivity index (χ3n) is 26.1. The van der Waals surface area contributed by atoms with E-state index in [1.54, 1.807) is 0 Å². The molecule has 30 atom stereocenters. The standard InChI is InChI=1S/C33H52O7.C29H40F4O7/c1-30-11-19(33(4)24(30)6-8-27(33)39-17-22-15-35-22)9-28(30)38-14-21(34)13-37-26-7-5-25-31(2)12-20(32(25,26)3)10-29(31)40-18-23-16-36-23;30-26-7-15(29(33)20(26)2-4-23(29)39-13-18-11-35-18)5-24(26)38-10-17(34)9-37-22-3-1-21-27(31)8-16(28(21,22)32)6-25(27)40-14-19-12-36-19/h19-29,34H,5-18H2,1-4H3;15-25,34H,1-14H2. The molecule has 2 N–H and O–H groups in total. The van der Waals surface area contributed by atoms with Gasteiger partial charge in [0.15, 0.2) is 0 Å². The molecule has 30 unspecified atom stereocenters. The summed E-state index contributed by atoms with van der Waals surface area (Å²) in [6, 6.07) is 0. The van der Waals surface area contributed by atoms with Gasteiger partial charge in [-0.1, -0.05) is 27.7 Å². The first-order chi connectivity index (χ1) is 38.3. The lowest BCUT2D eigenvalue weighted by Gasteiger charge is -2.47. The molecule has 8 bridgehead atoms. The first-order valence-corrected chi connectivity index (χ1v) is 31.8. The number of hydrogen-bond donors (Lipinski definition) is 2. The van der Waals surface area contributed by atoms with Gasteiger partial charge in [-0.15, -0.1) is 0 Å². The second-order valence-electron chi connectivity index (χ2n) is 30.0. The van der Waals surface area contributed by atoms with E-state index in [-0.39, 0.29) is 78.6 Å². The van der Waals surface area contributed by atoms with E-state index in [4.69, 9.17) is 56.8 Å². The molecule has 0 radical (unpaired) electrons. The van der Waals surface area contributed by atoms with Crippen molar-refractivity contribution in [3.63, 3.8) is 0 Å². The zero-order valence-corrected chi connectivity index (χ0v) is 47.8. The summed E-state index contributed by atoms with van der Waals surface area (Å²) in [4.78, 5) is 0. The Morgan fingerprint density at radius 3 is 1.12 bits per heavy atom. The van der Waals surface area contributed by atoms with Crippen LogP contribution in [0.5, 0.6) is 0 Å². The predicted molar refractivity (Wildman–Crippen MR) is 278 cm³/mol. The summed E-state index contributed by atoms with van der Waals surface area (Å²) in [5.74, 6) is 0.0549. The Bertz CT molecular complexity index is 2140. The summed E-state index contributed by atoms with van der Waals surface area (Å²) in [5, 5.41) is 21.6. The Hall–Kier alpha value is -0.840. The monoisotopic (exact) mass is 1140 g/mol. The molecule has 12 saturated carbocycles. The molecule has 18 heteroatoms. The lowest BCUT2D eigenvalue weighted by atomic mass is 9.63. The third-order valence-corrected chi connectivity index (χ3v) is 26.1. The van der Waals surface area contributed by atoms with E-state index in [0.29, 0.717) is 120 Å². The lowest BCUT2D eigenvalue weighted by molar-refractivity contribution is -0.163. The smallest absolute Gasteiger partial charge is 0.145 e. The number of rotatable bonds is 24. The summed E-state index contributed by atoms with van der Waals surface area (Å²) in [6.45, 7) is 15.5. The molecule has 80 heavy (non-hydrogen) atoms. The topological polar surface area (TPSA) is 164 Å². The number of aliphatic hydroxyl groups is 2. The van der Waals surface area contributed by atoms with Crippen molar-refractivity contribution < 1.29 is 84.6 Å². The zero-order valence-electron chi connectivity index (χ0n) is 47.8. The summed E-state index contributed by atoms with van der Waals surface area (Å²) < 4.78 is 135. The van der Waals surface area contributed by atoms with E-state index in [1.165, 1.54) is 25.7 Å². The van der Waals surface area contributed by atoms with Crippen LogP contribution in [-0.4, -0.2) is 198 Å². The Morgan fingerprint density at radius 2 is 0.675 bits per heavy atom. The first kappa shape index (κ1) is 55.7. The van der Waals surface area contributed by atoms with Crippen molar-refractivity contribution >= 4 is 0 Å². The van der Waals surface area contributed by atoms with Crippen LogP contribution in [0.3, 0.4) is 0 Å². The molecule has 16 aliphatic rings. The number of epoxide rings is 4. The molecule has 12 aliphatic carbocycles. The number of hydrogen-bond acceptors (Lipinski definition) is 14. The van der Waals surface area contributed by atoms with Crippen molar-refractivity contribution in [1.29, 1.82) is 0 Å². The van der Waals surface area contributed by atoms with Gasteiger partial charge in [0.05, 0.1) is 128 Å². The predicted octanol–water partition coefficient (Wildman–Crippen LogP) is 7.56. The molecule has 452 valence electrons. The van der Waals surface area contributed by atoms with Gasteiger partial charge < -0.3 is 67.1 Å². The molecule has 0 aromatic carbocycles. The van der Waals surface area contributed by atoms with Crippen LogP contribution in [0.4, 0.5) is 17.6 Å². The summed E-state index contributed by atoms with van der Waals surface area (Å²) in [7, 11) is 0. The van der Waals surface area contributed by atoms with Crippen LogP contribution < -0.4 is 0 Å². The molecule has 16 rings (SSSR count). The second-order valence-corrected chi connectivity index (χ2v) is 30.0. The maximum absolute atomic E-state index is 16.4. The van der Waals surface area contributed by atoms with E-state index >= 15 is 17.6 Å². The average Bonchev–Trinajstić information content (AvgIpc) is 3.75. The number of halogens is 4. The summed E-state index contributed by atoms with van der Waals surface area (Å²) in [6.07, 6.45) is 9.24. The van der Waals surface area contributed by atoms with E-state index < -0.39 is 83.0 Å². The highest BCUT2D eigenvalue weighted by atomic mass is 19.2. The Labute approximate surface area is 470 Å². The van der Waals surface area contributed by atoms with Crippen molar-refractivity contribution in [1.82, 2.24) is 0 Å². The number of ether oxygens (including phenoxy) is 12. The van der Waals surface area contributed by atoms with Crippen LogP contribution in [0.2, 0.25) is 0 Å². The van der Waals surface area contributed by atoms with Crippen molar-refractivity contribution in [2.24, 2.45) is 69.0 Å². The third kappa shape index (κ3) is 8.67. The number of alkyl halides is 4. The maximum atomic E-state index is 16.4. The molecular formula is C62H92F4O14. The van der Waals surface area contributed by atoms with Crippen molar-refractivity contribution in [2.45, 2.75) is 239 Å². The molecule has 4 heterocycles. The van der Waals surface area contributed by atoms with Gasteiger partial charge in [0.1, 0.15) is 59.3 Å². The molecule has 4 saturated heterocycles. The van der Waals surface area contributed by atoms with Gasteiger partial charge >= 0.3 is 0 Å². The van der Waals surface area contributed by atoms with Gasteiger partial charge in [-0.05, 0) is 137 Å². The zero-order chi connectivity index (χ0) is 55.0.